The third kappa shape index (κ3) is 2.08. The van der Waals surface area contributed by atoms with Crippen LogP contribution in [0.15, 0.2) is 16.9 Å². The number of methoxy groups -OCH3 is 1. The standard InChI is InChI=1S/C16H21N3O2/c1-9-7-11(10(2)17)13-12(8-9)14(20)19(3)15(18-13)16(21-4)5-6-16/h7-8,10H,5-6,17H2,1-4H3/t10-/m1/s1. The third-order valence-corrected chi connectivity index (χ3v) is 4.35. The smallest absolute Gasteiger partial charge is 0.261 e. The van der Waals surface area contributed by atoms with Crippen molar-refractivity contribution in [3.63, 3.8) is 0 Å². The molecular formula is C16H21N3O2. The molecule has 1 fully saturated rings. The van der Waals surface area contributed by atoms with Crippen LogP contribution in [0.25, 0.3) is 10.9 Å². The largest absolute Gasteiger partial charge is 0.370 e. The Morgan fingerprint density at radius 2 is 2.10 bits per heavy atom. The van der Waals surface area contributed by atoms with Crippen molar-refractivity contribution in [2.45, 2.75) is 38.3 Å². The topological polar surface area (TPSA) is 70.1 Å². The molecule has 1 aromatic heterocycles. The summed E-state index contributed by atoms with van der Waals surface area (Å²) in [4.78, 5) is 17.5. The number of hydrogen-bond donors (Lipinski definition) is 1. The molecule has 1 aliphatic rings. The molecule has 1 saturated carbocycles. The Bertz CT molecular complexity index is 773. The fraction of sp³-hybridized carbons (Fsp3) is 0.500. The Balaban J connectivity index is 2.40. The average molecular weight is 287 g/mol. The fourth-order valence-corrected chi connectivity index (χ4v) is 2.94. The number of nitrogens with two attached hydrogens (primary N) is 1. The highest BCUT2D eigenvalue weighted by molar-refractivity contribution is 5.82. The zero-order valence-electron chi connectivity index (χ0n) is 12.9. The van der Waals surface area contributed by atoms with Gasteiger partial charge in [0.05, 0.1) is 10.9 Å². The van der Waals surface area contributed by atoms with E-state index in [1.807, 2.05) is 26.0 Å². The van der Waals surface area contributed by atoms with Crippen molar-refractivity contribution >= 4 is 10.9 Å². The van der Waals surface area contributed by atoms with Gasteiger partial charge in [-0.25, -0.2) is 4.98 Å². The molecular weight excluding hydrogens is 266 g/mol. The predicted molar refractivity (Wildman–Crippen MR) is 82.2 cm³/mol. The van der Waals surface area contributed by atoms with Crippen LogP contribution >= 0.6 is 0 Å². The van der Waals surface area contributed by atoms with Crippen LogP contribution < -0.4 is 11.3 Å². The minimum absolute atomic E-state index is 0.0380. The first-order chi connectivity index (χ1) is 9.89. The van der Waals surface area contributed by atoms with Gasteiger partial charge in [-0.15, -0.1) is 0 Å². The summed E-state index contributed by atoms with van der Waals surface area (Å²) in [7, 11) is 3.43. The van der Waals surface area contributed by atoms with Gasteiger partial charge in [-0.3, -0.25) is 9.36 Å². The molecule has 2 aromatic rings. The molecule has 1 heterocycles. The number of rotatable bonds is 3. The minimum Gasteiger partial charge on any atom is -0.370 e. The second-order valence-corrected chi connectivity index (χ2v) is 6.04. The second kappa shape index (κ2) is 4.64. The van der Waals surface area contributed by atoms with Crippen LogP contribution in [0.3, 0.4) is 0 Å². The molecule has 0 saturated heterocycles. The summed E-state index contributed by atoms with van der Waals surface area (Å²) in [5, 5.41) is 0.625. The van der Waals surface area contributed by atoms with Gasteiger partial charge >= 0.3 is 0 Å². The second-order valence-electron chi connectivity index (χ2n) is 6.04. The number of ether oxygens (including phenoxy) is 1. The highest BCUT2D eigenvalue weighted by Crippen LogP contribution is 2.47. The summed E-state index contributed by atoms with van der Waals surface area (Å²) in [6.45, 7) is 3.88. The van der Waals surface area contributed by atoms with Gasteiger partial charge in [-0.05, 0) is 43.9 Å². The Morgan fingerprint density at radius 1 is 1.43 bits per heavy atom. The summed E-state index contributed by atoms with van der Waals surface area (Å²) in [6.07, 6.45) is 1.79. The molecule has 112 valence electrons. The number of aromatic nitrogens is 2. The maximum absolute atomic E-state index is 12.7. The van der Waals surface area contributed by atoms with Gasteiger partial charge in [0, 0.05) is 20.2 Å². The van der Waals surface area contributed by atoms with E-state index < -0.39 is 5.60 Å². The lowest BCUT2D eigenvalue weighted by atomic mass is 10.0. The van der Waals surface area contributed by atoms with Crippen molar-refractivity contribution in [3.05, 3.63) is 39.4 Å². The number of fused-ring (bicyclic) bond motifs is 1. The van der Waals surface area contributed by atoms with Crippen LogP contribution in [0.1, 0.15) is 42.8 Å². The van der Waals surface area contributed by atoms with Gasteiger partial charge in [0.25, 0.3) is 5.56 Å². The van der Waals surface area contributed by atoms with E-state index in [0.29, 0.717) is 16.7 Å². The summed E-state index contributed by atoms with van der Waals surface area (Å²) >= 11 is 0. The van der Waals surface area contributed by atoms with Crippen LogP contribution in [-0.2, 0) is 17.4 Å². The molecule has 3 rings (SSSR count). The molecule has 0 bridgehead atoms. The van der Waals surface area contributed by atoms with Crippen molar-refractivity contribution in [1.82, 2.24) is 9.55 Å². The van der Waals surface area contributed by atoms with E-state index in [0.717, 1.165) is 24.0 Å². The van der Waals surface area contributed by atoms with Gasteiger partial charge in [0.1, 0.15) is 11.4 Å². The lowest BCUT2D eigenvalue weighted by molar-refractivity contribution is 0.0678. The van der Waals surface area contributed by atoms with Crippen LogP contribution in [0.4, 0.5) is 0 Å². The highest BCUT2D eigenvalue weighted by Gasteiger charge is 2.48. The molecule has 5 heteroatoms. The Hall–Kier alpha value is -1.72. The van der Waals surface area contributed by atoms with E-state index in [-0.39, 0.29) is 11.6 Å². The zero-order chi connectivity index (χ0) is 15.4. The van der Waals surface area contributed by atoms with Crippen molar-refractivity contribution < 1.29 is 4.74 Å². The minimum atomic E-state index is -0.401. The van der Waals surface area contributed by atoms with E-state index in [1.165, 1.54) is 0 Å². The molecule has 0 radical (unpaired) electrons. The summed E-state index contributed by atoms with van der Waals surface area (Å²) in [5.74, 6) is 0.702. The molecule has 5 nitrogen and oxygen atoms in total. The average Bonchev–Trinajstić information content (AvgIpc) is 3.23. The Morgan fingerprint density at radius 3 is 2.62 bits per heavy atom. The number of benzene rings is 1. The molecule has 1 aliphatic carbocycles. The van der Waals surface area contributed by atoms with Gasteiger partial charge in [0.2, 0.25) is 0 Å². The maximum Gasteiger partial charge on any atom is 0.261 e. The molecule has 1 atom stereocenters. The van der Waals surface area contributed by atoms with E-state index in [2.05, 4.69) is 0 Å². The molecule has 0 unspecified atom stereocenters. The van der Waals surface area contributed by atoms with Crippen LogP contribution in [0.5, 0.6) is 0 Å². The zero-order valence-corrected chi connectivity index (χ0v) is 12.9. The predicted octanol–water partition coefficient (Wildman–Crippen LogP) is 1.90. The molecule has 0 aliphatic heterocycles. The SMILES string of the molecule is COC1(c2nc3c([C@@H](C)N)cc(C)cc3c(=O)n2C)CC1. The van der Waals surface area contributed by atoms with E-state index in [9.17, 15) is 4.79 Å². The van der Waals surface area contributed by atoms with Gasteiger partial charge in [-0.2, -0.15) is 0 Å². The number of aryl methyl sites for hydroxylation is 1. The summed E-state index contributed by atoms with van der Waals surface area (Å²) < 4.78 is 7.20. The maximum atomic E-state index is 12.7. The van der Waals surface area contributed by atoms with Crippen LogP contribution in [0.2, 0.25) is 0 Å². The van der Waals surface area contributed by atoms with Crippen molar-refractivity contribution in [1.29, 1.82) is 0 Å². The Labute approximate surface area is 123 Å². The van der Waals surface area contributed by atoms with Gasteiger partial charge in [0.15, 0.2) is 0 Å². The highest BCUT2D eigenvalue weighted by atomic mass is 16.5. The van der Waals surface area contributed by atoms with Crippen molar-refractivity contribution in [2.75, 3.05) is 7.11 Å². The first kappa shape index (κ1) is 14.2. The normalized spacial score (nSPS) is 18.0. The van der Waals surface area contributed by atoms with Crippen molar-refractivity contribution in [2.24, 2.45) is 12.8 Å². The quantitative estimate of drug-likeness (QED) is 0.936. The lowest BCUT2D eigenvalue weighted by Gasteiger charge is -2.19. The molecule has 2 N–H and O–H groups in total. The van der Waals surface area contributed by atoms with Crippen LogP contribution in [-0.4, -0.2) is 16.7 Å². The van der Waals surface area contributed by atoms with Gasteiger partial charge in [-0.1, -0.05) is 6.07 Å². The van der Waals surface area contributed by atoms with E-state index >= 15 is 0 Å². The first-order valence-electron chi connectivity index (χ1n) is 7.22. The third-order valence-electron chi connectivity index (χ3n) is 4.35. The van der Waals surface area contributed by atoms with Gasteiger partial charge < -0.3 is 10.5 Å². The first-order valence-corrected chi connectivity index (χ1v) is 7.22. The van der Waals surface area contributed by atoms with E-state index in [1.54, 1.807) is 18.7 Å². The molecule has 0 amide bonds. The summed E-state index contributed by atoms with van der Waals surface area (Å²) in [6, 6.07) is 3.72. The fourth-order valence-electron chi connectivity index (χ4n) is 2.94. The molecule has 21 heavy (non-hydrogen) atoms. The number of hydrogen-bond acceptors (Lipinski definition) is 4. The monoisotopic (exact) mass is 287 g/mol. The van der Waals surface area contributed by atoms with E-state index in [4.69, 9.17) is 15.5 Å². The molecule has 1 aromatic carbocycles. The Kier molecular flexibility index (Phi) is 3.15. The lowest BCUT2D eigenvalue weighted by Crippen LogP contribution is -2.29. The van der Waals surface area contributed by atoms with Crippen molar-refractivity contribution in [3.8, 4) is 0 Å². The molecule has 0 spiro atoms. The summed E-state index contributed by atoms with van der Waals surface area (Å²) in [5.41, 5.74) is 8.27. The van der Waals surface area contributed by atoms with Crippen LogP contribution in [0, 0.1) is 6.92 Å². The number of nitrogens with zero attached hydrogens (tertiary/aromatic N) is 2.